The lowest BCUT2D eigenvalue weighted by Gasteiger charge is -2.21. The van der Waals surface area contributed by atoms with Gasteiger partial charge >= 0.3 is 0 Å². The molecule has 1 atom stereocenters. The Kier molecular flexibility index (Phi) is 5.74. The molecule has 0 saturated carbocycles. The molecule has 1 amide bonds. The van der Waals surface area contributed by atoms with Crippen molar-refractivity contribution in [1.82, 2.24) is 9.78 Å². The molecule has 1 saturated heterocycles. The number of carbonyl (C=O) groups excluding carboxylic acids is 1. The number of anilines is 1. The van der Waals surface area contributed by atoms with Crippen LogP contribution in [-0.2, 0) is 16.6 Å². The fraction of sp³-hybridized carbons (Fsp3) is 0.692. The van der Waals surface area contributed by atoms with E-state index in [1.165, 1.54) is 6.42 Å². The molecule has 1 aromatic heterocycles. The van der Waals surface area contributed by atoms with Gasteiger partial charge < -0.3 is 10.1 Å². The molecule has 5 nitrogen and oxygen atoms in total. The molecule has 1 aliphatic rings. The van der Waals surface area contributed by atoms with E-state index in [-0.39, 0.29) is 5.91 Å². The van der Waals surface area contributed by atoms with Crippen molar-refractivity contribution in [3.8, 4) is 0 Å². The standard InChI is InChI=1S/C13H20ClN3O2S/c1-9-12(14)13(17(2)16-9)15-11(18)8-20-7-10-5-3-4-6-19-10/h10H,3-8H2,1-2H3,(H,15,18). The Bertz CT molecular complexity index is 472. The number of halogens is 1. The van der Waals surface area contributed by atoms with Crippen molar-refractivity contribution in [3.63, 3.8) is 0 Å². The highest BCUT2D eigenvalue weighted by atomic mass is 35.5. The van der Waals surface area contributed by atoms with Gasteiger partial charge in [-0.25, -0.2) is 0 Å². The number of amides is 1. The summed E-state index contributed by atoms with van der Waals surface area (Å²) in [5, 5.41) is 7.47. The first-order valence-corrected chi connectivity index (χ1v) is 8.29. The highest BCUT2D eigenvalue weighted by Gasteiger charge is 2.16. The van der Waals surface area contributed by atoms with Crippen LogP contribution in [0, 0.1) is 6.92 Å². The Morgan fingerprint density at radius 2 is 2.40 bits per heavy atom. The quantitative estimate of drug-likeness (QED) is 0.907. The lowest BCUT2D eigenvalue weighted by molar-refractivity contribution is -0.113. The minimum atomic E-state index is -0.0595. The maximum Gasteiger partial charge on any atom is 0.235 e. The average Bonchev–Trinajstić information content (AvgIpc) is 2.67. The number of aryl methyl sites for hydroxylation is 2. The summed E-state index contributed by atoms with van der Waals surface area (Å²) in [6.45, 7) is 2.66. The normalized spacial score (nSPS) is 19.1. The third-order valence-corrected chi connectivity index (χ3v) is 4.74. The molecule has 0 bridgehead atoms. The van der Waals surface area contributed by atoms with Gasteiger partial charge in [0.2, 0.25) is 5.91 Å². The molecule has 2 heterocycles. The molecule has 7 heteroatoms. The Morgan fingerprint density at radius 1 is 1.60 bits per heavy atom. The fourth-order valence-corrected chi connectivity index (χ4v) is 3.27. The second-order valence-electron chi connectivity index (χ2n) is 4.92. The molecular formula is C13H20ClN3O2S. The van der Waals surface area contributed by atoms with E-state index in [4.69, 9.17) is 16.3 Å². The highest BCUT2D eigenvalue weighted by molar-refractivity contribution is 8.00. The van der Waals surface area contributed by atoms with Crippen molar-refractivity contribution in [2.75, 3.05) is 23.4 Å². The van der Waals surface area contributed by atoms with E-state index in [0.717, 1.165) is 25.2 Å². The van der Waals surface area contributed by atoms with Crippen molar-refractivity contribution in [2.24, 2.45) is 7.05 Å². The summed E-state index contributed by atoms with van der Waals surface area (Å²) in [6, 6.07) is 0. The summed E-state index contributed by atoms with van der Waals surface area (Å²) in [7, 11) is 1.76. The maximum atomic E-state index is 11.9. The highest BCUT2D eigenvalue weighted by Crippen LogP contribution is 2.24. The van der Waals surface area contributed by atoms with Gasteiger partial charge in [0.25, 0.3) is 0 Å². The molecule has 0 aromatic carbocycles. The summed E-state index contributed by atoms with van der Waals surface area (Å²) >= 11 is 7.68. The Labute approximate surface area is 128 Å². The minimum Gasteiger partial charge on any atom is -0.377 e. The number of ether oxygens (including phenoxy) is 1. The monoisotopic (exact) mass is 317 g/mol. The zero-order valence-electron chi connectivity index (χ0n) is 11.8. The van der Waals surface area contributed by atoms with E-state index in [9.17, 15) is 4.79 Å². The molecule has 1 aromatic rings. The molecule has 1 aliphatic heterocycles. The lowest BCUT2D eigenvalue weighted by Crippen LogP contribution is -2.23. The molecule has 2 rings (SSSR count). The topological polar surface area (TPSA) is 56.2 Å². The molecule has 1 N–H and O–H groups in total. The predicted octanol–water partition coefficient (Wildman–Crippen LogP) is 2.62. The number of hydrogen-bond acceptors (Lipinski definition) is 4. The molecule has 1 fully saturated rings. The van der Waals surface area contributed by atoms with Gasteiger partial charge in [-0.05, 0) is 26.2 Å². The summed E-state index contributed by atoms with van der Waals surface area (Å²) in [6.07, 6.45) is 3.77. The number of thioether (sulfide) groups is 1. The first-order valence-electron chi connectivity index (χ1n) is 6.76. The van der Waals surface area contributed by atoms with Crippen LogP contribution in [0.4, 0.5) is 5.82 Å². The SMILES string of the molecule is Cc1nn(C)c(NC(=O)CSCC2CCCCO2)c1Cl. The largest absolute Gasteiger partial charge is 0.377 e. The first-order chi connectivity index (χ1) is 9.58. The molecule has 112 valence electrons. The third kappa shape index (κ3) is 4.14. The summed E-state index contributed by atoms with van der Waals surface area (Å²) in [5.41, 5.74) is 0.715. The van der Waals surface area contributed by atoms with Crippen molar-refractivity contribution in [1.29, 1.82) is 0 Å². The van der Waals surface area contributed by atoms with Crippen LogP contribution in [0.15, 0.2) is 0 Å². The van der Waals surface area contributed by atoms with Gasteiger partial charge in [0, 0.05) is 19.4 Å². The van der Waals surface area contributed by atoms with Crippen LogP contribution in [0.1, 0.15) is 25.0 Å². The van der Waals surface area contributed by atoms with E-state index in [1.54, 1.807) is 23.5 Å². The Balaban J connectivity index is 1.75. The predicted molar refractivity (Wildman–Crippen MR) is 82.5 cm³/mol. The van der Waals surface area contributed by atoms with Crippen LogP contribution in [-0.4, -0.2) is 39.9 Å². The van der Waals surface area contributed by atoms with Crippen molar-refractivity contribution >= 4 is 35.1 Å². The smallest absolute Gasteiger partial charge is 0.235 e. The number of aromatic nitrogens is 2. The van der Waals surface area contributed by atoms with Crippen LogP contribution >= 0.6 is 23.4 Å². The maximum absolute atomic E-state index is 11.9. The van der Waals surface area contributed by atoms with Gasteiger partial charge in [-0.3, -0.25) is 9.48 Å². The molecule has 1 unspecified atom stereocenters. The zero-order chi connectivity index (χ0) is 14.5. The molecular weight excluding hydrogens is 298 g/mol. The van der Waals surface area contributed by atoms with E-state index in [2.05, 4.69) is 10.4 Å². The van der Waals surface area contributed by atoms with Crippen LogP contribution in [0.25, 0.3) is 0 Å². The van der Waals surface area contributed by atoms with Crippen molar-refractivity contribution < 1.29 is 9.53 Å². The zero-order valence-corrected chi connectivity index (χ0v) is 13.4. The number of nitrogens with one attached hydrogen (secondary N) is 1. The minimum absolute atomic E-state index is 0.0595. The van der Waals surface area contributed by atoms with Crippen LogP contribution in [0.2, 0.25) is 5.02 Å². The van der Waals surface area contributed by atoms with Gasteiger partial charge in [-0.2, -0.15) is 5.10 Å². The average molecular weight is 318 g/mol. The summed E-state index contributed by atoms with van der Waals surface area (Å²) in [4.78, 5) is 11.9. The van der Waals surface area contributed by atoms with Crippen molar-refractivity contribution in [3.05, 3.63) is 10.7 Å². The third-order valence-electron chi connectivity index (χ3n) is 3.22. The summed E-state index contributed by atoms with van der Waals surface area (Å²) < 4.78 is 7.22. The molecule has 0 radical (unpaired) electrons. The number of hydrogen-bond donors (Lipinski definition) is 1. The molecule has 0 spiro atoms. The fourth-order valence-electron chi connectivity index (χ4n) is 2.16. The summed E-state index contributed by atoms with van der Waals surface area (Å²) in [5.74, 6) is 1.77. The van der Waals surface area contributed by atoms with Gasteiger partial charge in [0.05, 0.1) is 17.6 Å². The Hall–Kier alpha value is -0.720. The van der Waals surface area contributed by atoms with E-state index in [0.29, 0.717) is 28.4 Å². The van der Waals surface area contributed by atoms with Crippen LogP contribution < -0.4 is 5.32 Å². The second kappa shape index (κ2) is 7.33. The number of nitrogens with zero attached hydrogens (tertiary/aromatic N) is 2. The first kappa shape index (κ1) is 15.7. The Morgan fingerprint density at radius 3 is 3.00 bits per heavy atom. The van der Waals surface area contributed by atoms with Gasteiger partial charge in [0.1, 0.15) is 10.8 Å². The van der Waals surface area contributed by atoms with Gasteiger partial charge in [-0.1, -0.05) is 11.6 Å². The van der Waals surface area contributed by atoms with Gasteiger partial charge in [-0.15, -0.1) is 11.8 Å². The molecule has 20 heavy (non-hydrogen) atoms. The second-order valence-corrected chi connectivity index (χ2v) is 6.33. The van der Waals surface area contributed by atoms with E-state index in [1.807, 2.05) is 6.92 Å². The van der Waals surface area contributed by atoms with Crippen LogP contribution in [0.5, 0.6) is 0 Å². The number of carbonyl (C=O) groups is 1. The lowest BCUT2D eigenvalue weighted by atomic mass is 10.1. The van der Waals surface area contributed by atoms with E-state index >= 15 is 0 Å². The molecule has 0 aliphatic carbocycles. The van der Waals surface area contributed by atoms with E-state index < -0.39 is 0 Å². The van der Waals surface area contributed by atoms with Crippen LogP contribution in [0.3, 0.4) is 0 Å². The van der Waals surface area contributed by atoms with Gasteiger partial charge in [0.15, 0.2) is 0 Å². The van der Waals surface area contributed by atoms with Crippen molar-refractivity contribution in [2.45, 2.75) is 32.3 Å². The number of rotatable bonds is 5.